The molecule has 84 valence electrons. The van der Waals surface area contributed by atoms with Crippen molar-refractivity contribution in [1.82, 2.24) is 0 Å². The molecule has 0 aromatic heterocycles. The first-order valence-electron chi connectivity index (χ1n) is 5.79. The summed E-state index contributed by atoms with van der Waals surface area (Å²) in [6.45, 7) is 4.37. The molecule has 2 rings (SSSR count). The maximum absolute atomic E-state index is 9.05. The second-order valence-corrected chi connectivity index (χ2v) is 4.45. The summed E-state index contributed by atoms with van der Waals surface area (Å²) in [5, 5.41) is 9.05. The molecule has 1 saturated heterocycles. The van der Waals surface area contributed by atoms with Gasteiger partial charge in [0.1, 0.15) is 6.07 Å². The molecule has 0 radical (unpaired) electrons. The fourth-order valence-corrected chi connectivity index (χ4v) is 2.28. The molecular weight excluding hydrogens is 198 g/mol. The number of nitriles is 1. The van der Waals surface area contributed by atoms with E-state index < -0.39 is 0 Å². The monoisotopic (exact) mass is 215 g/mol. The summed E-state index contributed by atoms with van der Waals surface area (Å²) in [6, 6.07) is 7.78. The van der Waals surface area contributed by atoms with Crippen LogP contribution in [0.15, 0.2) is 18.2 Å². The number of nitrogen functional groups attached to an aromatic ring is 1. The van der Waals surface area contributed by atoms with E-state index >= 15 is 0 Å². The highest BCUT2D eigenvalue weighted by Gasteiger charge is 2.27. The summed E-state index contributed by atoms with van der Waals surface area (Å²) in [7, 11) is 0. The molecule has 16 heavy (non-hydrogen) atoms. The zero-order valence-corrected chi connectivity index (χ0v) is 9.61. The van der Waals surface area contributed by atoms with Gasteiger partial charge in [-0.1, -0.05) is 13.3 Å². The van der Waals surface area contributed by atoms with Crippen molar-refractivity contribution in [3.05, 3.63) is 23.8 Å². The Morgan fingerprint density at radius 3 is 2.88 bits per heavy atom. The predicted octanol–water partition coefficient (Wildman–Crippen LogP) is 2.38. The molecule has 3 nitrogen and oxygen atoms in total. The molecule has 1 aliphatic heterocycles. The van der Waals surface area contributed by atoms with E-state index in [1.54, 1.807) is 6.07 Å². The van der Waals surface area contributed by atoms with E-state index in [0.29, 0.717) is 11.3 Å². The lowest BCUT2D eigenvalue weighted by atomic mass is 9.93. The largest absolute Gasteiger partial charge is 0.399 e. The number of anilines is 2. The van der Waals surface area contributed by atoms with Gasteiger partial charge in [-0.2, -0.15) is 5.26 Å². The lowest BCUT2D eigenvalue weighted by Gasteiger charge is -2.41. The molecule has 0 spiro atoms. The fourth-order valence-electron chi connectivity index (χ4n) is 2.28. The maximum atomic E-state index is 9.05. The van der Waals surface area contributed by atoms with Gasteiger partial charge in [0.15, 0.2) is 0 Å². The van der Waals surface area contributed by atoms with E-state index in [1.807, 2.05) is 12.1 Å². The third-order valence-corrected chi connectivity index (χ3v) is 3.14. The van der Waals surface area contributed by atoms with E-state index in [-0.39, 0.29) is 0 Å². The molecule has 1 aromatic rings. The van der Waals surface area contributed by atoms with Crippen LogP contribution >= 0.6 is 0 Å². The van der Waals surface area contributed by atoms with Gasteiger partial charge in [-0.25, -0.2) is 0 Å². The molecule has 0 amide bonds. The third-order valence-electron chi connectivity index (χ3n) is 3.14. The Kier molecular flexibility index (Phi) is 3.00. The van der Waals surface area contributed by atoms with Crippen LogP contribution in [-0.2, 0) is 0 Å². The van der Waals surface area contributed by atoms with Crippen molar-refractivity contribution in [2.75, 3.05) is 23.7 Å². The van der Waals surface area contributed by atoms with Gasteiger partial charge in [0, 0.05) is 18.8 Å². The molecule has 0 saturated carbocycles. The lowest BCUT2D eigenvalue weighted by Crippen LogP contribution is -2.47. The Hall–Kier alpha value is -1.69. The Morgan fingerprint density at radius 2 is 2.25 bits per heavy atom. The number of nitrogens with zero attached hydrogens (tertiary/aromatic N) is 2. The summed E-state index contributed by atoms with van der Waals surface area (Å²) in [6.07, 6.45) is 2.53. The first kappa shape index (κ1) is 10.8. The van der Waals surface area contributed by atoms with Gasteiger partial charge in [-0.05, 0) is 30.5 Å². The molecule has 0 unspecified atom stereocenters. The number of hydrogen-bond donors (Lipinski definition) is 1. The molecule has 1 aromatic carbocycles. The predicted molar refractivity (Wildman–Crippen MR) is 66.2 cm³/mol. The normalized spacial score (nSPS) is 15.6. The van der Waals surface area contributed by atoms with E-state index in [4.69, 9.17) is 11.0 Å². The van der Waals surface area contributed by atoms with Crippen molar-refractivity contribution in [2.45, 2.75) is 19.8 Å². The van der Waals surface area contributed by atoms with Crippen LogP contribution in [0.3, 0.4) is 0 Å². The summed E-state index contributed by atoms with van der Waals surface area (Å²) < 4.78 is 0. The summed E-state index contributed by atoms with van der Waals surface area (Å²) >= 11 is 0. The minimum atomic E-state index is 0.658. The van der Waals surface area contributed by atoms with Crippen molar-refractivity contribution in [3.63, 3.8) is 0 Å². The molecule has 2 N–H and O–H groups in total. The van der Waals surface area contributed by atoms with Crippen LogP contribution in [0.4, 0.5) is 11.4 Å². The molecule has 3 heteroatoms. The van der Waals surface area contributed by atoms with Crippen LogP contribution in [0, 0.1) is 17.2 Å². The zero-order valence-electron chi connectivity index (χ0n) is 9.61. The van der Waals surface area contributed by atoms with Crippen molar-refractivity contribution in [1.29, 1.82) is 5.26 Å². The summed E-state index contributed by atoms with van der Waals surface area (Å²) in [5.74, 6) is 0.800. The van der Waals surface area contributed by atoms with Gasteiger partial charge < -0.3 is 10.6 Å². The van der Waals surface area contributed by atoms with Crippen LogP contribution < -0.4 is 10.6 Å². The van der Waals surface area contributed by atoms with Crippen molar-refractivity contribution < 1.29 is 0 Å². The van der Waals surface area contributed by atoms with Gasteiger partial charge in [0.25, 0.3) is 0 Å². The van der Waals surface area contributed by atoms with Crippen molar-refractivity contribution in [3.8, 4) is 6.07 Å². The first-order valence-corrected chi connectivity index (χ1v) is 5.79. The zero-order chi connectivity index (χ0) is 11.5. The quantitative estimate of drug-likeness (QED) is 0.787. The van der Waals surface area contributed by atoms with Gasteiger partial charge in [-0.15, -0.1) is 0 Å². The van der Waals surface area contributed by atoms with Gasteiger partial charge in [-0.3, -0.25) is 0 Å². The second-order valence-electron chi connectivity index (χ2n) is 4.45. The van der Waals surface area contributed by atoms with Crippen LogP contribution in [0.2, 0.25) is 0 Å². The molecule has 1 fully saturated rings. The number of rotatable bonds is 3. The third kappa shape index (κ3) is 1.96. The summed E-state index contributed by atoms with van der Waals surface area (Å²) in [4.78, 5) is 2.26. The Labute approximate surface area is 96.5 Å². The average Bonchev–Trinajstić information content (AvgIpc) is 2.23. The lowest BCUT2D eigenvalue weighted by molar-refractivity contribution is 0.380. The first-order chi connectivity index (χ1) is 7.74. The number of hydrogen-bond acceptors (Lipinski definition) is 3. The second kappa shape index (κ2) is 4.44. The highest BCUT2D eigenvalue weighted by Crippen LogP contribution is 2.30. The number of benzene rings is 1. The smallest absolute Gasteiger partial charge is 0.101 e. The molecule has 0 bridgehead atoms. The SMILES string of the molecule is CCCC1CN(c2ccc(N)cc2C#N)C1. The molecule has 0 atom stereocenters. The topological polar surface area (TPSA) is 53.0 Å². The van der Waals surface area contributed by atoms with E-state index in [9.17, 15) is 0 Å². The van der Waals surface area contributed by atoms with E-state index in [2.05, 4.69) is 17.9 Å². The highest BCUT2D eigenvalue weighted by atomic mass is 15.2. The van der Waals surface area contributed by atoms with Crippen LogP contribution in [0.1, 0.15) is 25.3 Å². The van der Waals surface area contributed by atoms with Crippen LogP contribution in [0.5, 0.6) is 0 Å². The van der Waals surface area contributed by atoms with Gasteiger partial charge in [0.2, 0.25) is 0 Å². The minimum Gasteiger partial charge on any atom is -0.399 e. The maximum Gasteiger partial charge on any atom is 0.101 e. The standard InChI is InChI=1S/C13H17N3/c1-2-3-10-8-16(9-10)13-5-4-12(15)6-11(13)7-14/h4-6,10H,2-3,8-9,15H2,1H3. The number of nitrogens with two attached hydrogens (primary N) is 1. The van der Waals surface area contributed by atoms with Crippen LogP contribution in [0.25, 0.3) is 0 Å². The fraction of sp³-hybridized carbons (Fsp3) is 0.462. The molecule has 1 heterocycles. The Balaban J connectivity index is 2.09. The molecular formula is C13H17N3. The van der Waals surface area contributed by atoms with Gasteiger partial charge in [0.05, 0.1) is 11.3 Å². The van der Waals surface area contributed by atoms with Crippen molar-refractivity contribution in [2.24, 2.45) is 5.92 Å². The molecule has 1 aliphatic rings. The minimum absolute atomic E-state index is 0.658. The van der Waals surface area contributed by atoms with Crippen LogP contribution in [-0.4, -0.2) is 13.1 Å². The van der Waals surface area contributed by atoms with E-state index in [0.717, 1.165) is 24.7 Å². The van der Waals surface area contributed by atoms with Gasteiger partial charge >= 0.3 is 0 Å². The molecule has 0 aliphatic carbocycles. The Morgan fingerprint density at radius 1 is 1.50 bits per heavy atom. The van der Waals surface area contributed by atoms with E-state index in [1.165, 1.54) is 12.8 Å². The van der Waals surface area contributed by atoms with Crippen molar-refractivity contribution >= 4 is 11.4 Å². The Bertz CT molecular complexity index is 414. The highest BCUT2D eigenvalue weighted by molar-refractivity contribution is 5.65. The summed E-state index contributed by atoms with van der Waals surface area (Å²) in [5.41, 5.74) is 8.05. The average molecular weight is 215 g/mol.